The number of carbonyl (C=O) groups excluding carboxylic acids is 2. The zero-order valence-electron chi connectivity index (χ0n) is 10.5. The second-order valence-corrected chi connectivity index (χ2v) is 4.69. The van der Waals surface area contributed by atoms with Gasteiger partial charge in [-0.15, -0.1) is 0 Å². The molecule has 108 valence electrons. The fourth-order valence-electron chi connectivity index (χ4n) is 1.91. The van der Waals surface area contributed by atoms with Crippen molar-refractivity contribution in [2.45, 2.75) is 25.2 Å². The highest BCUT2D eigenvalue weighted by atomic mass is 19.4. The van der Waals surface area contributed by atoms with Crippen LogP contribution in [0.1, 0.15) is 12.5 Å². The molecule has 1 fully saturated rings. The first-order chi connectivity index (χ1) is 9.15. The Morgan fingerprint density at radius 3 is 2.50 bits per heavy atom. The standard InChI is InChI=1S/C12H12F3N3O2/c1-11(12(13,14)15)9(19)18(10(20)17-11)6-7-3-2-4-8(16)5-7/h2-5H,6,16H2,1H3,(H,17,20). The van der Waals surface area contributed by atoms with E-state index >= 15 is 0 Å². The van der Waals surface area contributed by atoms with Crippen LogP contribution in [0.15, 0.2) is 24.3 Å². The van der Waals surface area contributed by atoms with Crippen LogP contribution in [0.3, 0.4) is 0 Å². The van der Waals surface area contributed by atoms with Crippen LogP contribution in [0.5, 0.6) is 0 Å². The fraction of sp³-hybridized carbons (Fsp3) is 0.333. The summed E-state index contributed by atoms with van der Waals surface area (Å²) < 4.78 is 38.6. The molecule has 1 heterocycles. The van der Waals surface area contributed by atoms with Gasteiger partial charge in [0.15, 0.2) is 0 Å². The Balaban J connectivity index is 2.26. The molecule has 3 amide bonds. The van der Waals surface area contributed by atoms with E-state index in [2.05, 4.69) is 0 Å². The van der Waals surface area contributed by atoms with E-state index in [1.165, 1.54) is 6.07 Å². The molecule has 20 heavy (non-hydrogen) atoms. The van der Waals surface area contributed by atoms with Crippen molar-refractivity contribution in [1.29, 1.82) is 0 Å². The predicted octanol–water partition coefficient (Wildman–Crippen LogP) is 1.64. The molecule has 0 bridgehead atoms. The van der Waals surface area contributed by atoms with E-state index in [1.54, 1.807) is 23.5 Å². The van der Waals surface area contributed by atoms with Crippen molar-refractivity contribution >= 4 is 17.6 Å². The van der Waals surface area contributed by atoms with Crippen molar-refractivity contribution in [2.75, 3.05) is 5.73 Å². The Kier molecular flexibility index (Phi) is 3.11. The minimum Gasteiger partial charge on any atom is -0.399 e. The summed E-state index contributed by atoms with van der Waals surface area (Å²) in [6.07, 6.45) is -4.86. The molecule has 1 unspecified atom stereocenters. The Labute approximate surface area is 112 Å². The maximum Gasteiger partial charge on any atom is 0.420 e. The summed E-state index contributed by atoms with van der Waals surface area (Å²) in [5.41, 5.74) is 3.52. The summed E-state index contributed by atoms with van der Waals surface area (Å²) in [6.45, 7) is 0.383. The molecule has 0 saturated carbocycles. The minimum absolute atomic E-state index is 0.263. The highest BCUT2D eigenvalue weighted by Crippen LogP contribution is 2.35. The third-order valence-corrected chi connectivity index (χ3v) is 3.13. The SMILES string of the molecule is CC1(C(F)(F)F)NC(=O)N(Cc2cccc(N)c2)C1=O. The van der Waals surface area contributed by atoms with Crippen LogP contribution in [0, 0.1) is 0 Å². The first-order valence-electron chi connectivity index (χ1n) is 5.70. The number of amides is 3. The number of alkyl halides is 3. The number of hydrogen-bond donors (Lipinski definition) is 2. The number of halogens is 3. The van der Waals surface area contributed by atoms with Crippen LogP contribution in [-0.2, 0) is 11.3 Å². The summed E-state index contributed by atoms with van der Waals surface area (Å²) in [7, 11) is 0. The first-order valence-corrected chi connectivity index (χ1v) is 5.70. The average Bonchev–Trinajstić information content (AvgIpc) is 2.53. The van der Waals surface area contributed by atoms with Crippen molar-refractivity contribution in [2.24, 2.45) is 0 Å². The number of rotatable bonds is 2. The number of benzene rings is 1. The molecule has 0 aromatic heterocycles. The van der Waals surface area contributed by atoms with Crippen LogP contribution in [0.25, 0.3) is 0 Å². The highest BCUT2D eigenvalue weighted by molar-refractivity contribution is 6.07. The predicted molar refractivity (Wildman–Crippen MR) is 64.4 cm³/mol. The molecule has 8 heteroatoms. The molecule has 0 spiro atoms. The van der Waals surface area contributed by atoms with Gasteiger partial charge in [0.2, 0.25) is 5.54 Å². The van der Waals surface area contributed by atoms with Crippen LogP contribution in [-0.4, -0.2) is 28.6 Å². The van der Waals surface area contributed by atoms with Crippen molar-refractivity contribution in [3.8, 4) is 0 Å². The number of nitrogens with two attached hydrogens (primary N) is 1. The van der Waals surface area contributed by atoms with E-state index in [-0.39, 0.29) is 6.54 Å². The number of urea groups is 1. The Bertz CT molecular complexity index is 573. The maximum absolute atomic E-state index is 12.9. The van der Waals surface area contributed by atoms with Crippen LogP contribution in [0.4, 0.5) is 23.7 Å². The maximum atomic E-state index is 12.9. The normalized spacial score (nSPS) is 23.1. The summed E-state index contributed by atoms with van der Waals surface area (Å²) in [4.78, 5) is 24.0. The largest absolute Gasteiger partial charge is 0.420 e. The van der Waals surface area contributed by atoms with Gasteiger partial charge >= 0.3 is 12.2 Å². The lowest BCUT2D eigenvalue weighted by molar-refractivity contribution is -0.191. The number of nitrogens with zero attached hydrogens (tertiary/aromatic N) is 1. The molecule has 1 aliphatic heterocycles. The monoisotopic (exact) mass is 287 g/mol. The number of anilines is 1. The van der Waals surface area contributed by atoms with Crippen LogP contribution in [0.2, 0.25) is 0 Å². The Hall–Kier alpha value is -2.25. The molecule has 1 saturated heterocycles. The molecule has 3 N–H and O–H groups in total. The third-order valence-electron chi connectivity index (χ3n) is 3.13. The zero-order valence-corrected chi connectivity index (χ0v) is 10.5. The van der Waals surface area contributed by atoms with Gasteiger partial charge in [0.1, 0.15) is 0 Å². The van der Waals surface area contributed by atoms with E-state index in [0.29, 0.717) is 23.1 Å². The Morgan fingerprint density at radius 2 is 2.00 bits per heavy atom. The second kappa shape index (κ2) is 4.39. The molecule has 0 radical (unpaired) electrons. The van der Waals surface area contributed by atoms with E-state index in [1.807, 2.05) is 0 Å². The number of carbonyl (C=O) groups is 2. The molecule has 1 atom stereocenters. The minimum atomic E-state index is -4.86. The van der Waals surface area contributed by atoms with Crippen molar-refractivity contribution in [3.05, 3.63) is 29.8 Å². The van der Waals surface area contributed by atoms with Gasteiger partial charge in [0, 0.05) is 5.69 Å². The number of hydrogen-bond acceptors (Lipinski definition) is 3. The highest BCUT2D eigenvalue weighted by Gasteiger charge is 2.64. The van der Waals surface area contributed by atoms with Gasteiger partial charge < -0.3 is 11.1 Å². The summed E-state index contributed by atoms with van der Waals surface area (Å²) in [5.74, 6) is -1.32. The fourth-order valence-corrected chi connectivity index (χ4v) is 1.91. The van der Waals surface area contributed by atoms with Crippen LogP contribution >= 0.6 is 0 Å². The molecule has 1 aromatic carbocycles. The molecular weight excluding hydrogens is 275 g/mol. The second-order valence-electron chi connectivity index (χ2n) is 4.69. The van der Waals surface area contributed by atoms with Gasteiger partial charge in [-0.2, -0.15) is 13.2 Å². The van der Waals surface area contributed by atoms with Gasteiger partial charge in [-0.25, -0.2) is 4.79 Å². The quantitative estimate of drug-likeness (QED) is 0.641. The number of nitrogen functional groups attached to an aromatic ring is 1. The molecule has 1 aliphatic rings. The van der Waals surface area contributed by atoms with Crippen molar-refractivity contribution in [3.63, 3.8) is 0 Å². The molecule has 2 rings (SSSR count). The van der Waals surface area contributed by atoms with Gasteiger partial charge in [-0.1, -0.05) is 12.1 Å². The van der Waals surface area contributed by atoms with Crippen molar-refractivity contribution in [1.82, 2.24) is 10.2 Å². The van der Waals surface area contributed by atoms with E-state index < -0.39 is 23.7 Å². The van der Waals surface area contributed by atoms with Gasteiger partial charge in [0.25, 0.3) is 5.91 Å². The molecule has 0 aliphatic carbocycles. The molecule has 5 nitrogen and oxygen atoms in total. The van der Waals surface area contributed by atoms with Crippen LogP contribution < -0.4 is 11.1 Å². The smallest absolute Gasteiger partial charge is 0.399 e. The molecule has 1 aromatic rings. The summed E-state index contributed by atoms with van der Waals surface area (Å²) in [6, 6.07) is 5.17. The van der Waals surface area contributed by atoms with E-state index in [4.69, 9.17) is 5.73 Å². The van der Waals surface area contributed by atoms with E-state index in [0.717, 1.165) is 0 Å². The van der Waals surface area contributed by atoms with Crippen molar-refractivity contribution < 1.29 is 22.8 Å². The van der Waals surface area contributed by atoms with E-state index in [9.17, 15) is 22.8 Å². The summed E-state index contributed by atoms with van der Waals surface area (Å²) in [5, 5.41) is 1.69. The zero-order chi connectivity index (χ0) is 15.1. The van der Waals surface area contributed by atoms with Gasteiger partial charge in [-0.05, 0) is 24.6 Å². The number of imide groups is 1. The lowest BCUT2D eigenvalue weighted by Gasteiger charge is -2.24. The lowest BCUT2D eigenvalue weighted by atomic mass is 10.0. The van der Waals surface area contributed by atoms with Gasteiger partial charge in [0.05, 0.1) is 6.54 Å². The molecular formula is C12H12F3N3O2. The Morgan fingerprint density at radius 1 is 1.35 bits per heavy atom. The first kappa shape index (κ1) is 14.2. The summed E-state index contributed by atoms with van der Waals surface area (Å²) >= 11 is 0. The third kappa shape index (κ3) is 2.17. The lowest BCUT2D eigenvalue weighted by Crippen LogP contribution is -2.56. The van der Waals surface area contributed by atoms with Gasteiger partial charge in [-0.3, -0.25) is 9.69 Å². The number of nitrogens with one attached hydrogen (secondary N) is 1. The topological polar surface area (TPSA) is 75.4 Å². The average molecular weight is 287 g/mol.